The van der Waals surface area contributed by atoms with Gasteiger partial charge in [-0.05, 0) is 25.0 Å². The van der Waals surface area contributed by atoms with Crippen molar-refractivity contribution in [3.8, 4) is 5.75 Å². The molecule has 1 heterocycles. The number of hydrogen-bond acceptors (Lipinski definition) is 4. The predicted molar refractivity (Wildman–Crippen MR) is 85.8 cm³/mol. The molecule has 2 N–H and O–H groups in total. The van der Waals surface area contributed by atoms with Gasteiger partial charge in [0.05, 0.1) is 23.9 Å². The molecular weight excluding hydrogens is 286 g/mol. The number of aromatic nitrogens is 2. The lowest BCUT2D eigenvalue weighted by molar-refractivity contribution is -0.119. The van der Waals surface area contributed by atoms with E-state index < -0.39 is 0 Å². The predicted octanol–water partition coefficient (Wildman–Crippen LogP) is 2.82. The molecule has 5 nitrogen and oxygen atoms in total. The van der Waals surface area contributed by atoms with E-state index in [9.17, 15) is 4.79 Å². The zero-order valence-corrected chi connectivity index (χ0v) is 13.6. The normalized spacial score (nSPS) is 12.6. The Morgan fingerprint density at radius 2 is 2.19 bits per heavy atom. The number of benzene rings is 1. The van der Waals surface area contributed by atoms with Gasteiger partial charge in [-0.2, -0.15) is 0 Å². The monoisotopic (exact) mass is 307 g/mol. The average Bonchev–Trinajstić information content (AvgIpc) is 2.86. The standard InChI is InChI=1S/C15H21N3O2S/c1-9(2)10(3)16-14(19)8-21-15-17-12-6-5-11(20-4)7-13(12)18-15/h5-7,9-10H,8H2,1-4H3,(H,16,19)(H,17,18). The van der Waals surface area contributed by atoms with Gasteiger partial charge in [-0.3, -0.25) is 4.79 Å². The summed E-state index contributed by atoms with van der Waals surface area (Å²) in [5, 5.41) is 3.72. The molecule has 114 valence electrons. The third-order valence-electron chi connectivity index (χ3n) is 3.40. The van der Waals surface area contributed by atoms with E-state index in [1.54, 1.807) is 7.11 Å². The van der Waals surface area contributed by atoms with Crippen LogP contribution < -0.4 is 10.1 Å². The van der Waals surface area contributed by atoms with Crippen LogP contribution in [-0.4, -0.2) is 34.8 Å². The average molecular weight is 307 g/mol. The molecule has 2 aromatic rings. The maximum atomic E-state index is 11.9. The van der Waals surface area contributed by atoms with Crippen molar-refractivity contribution in [2.75, 3.05) is 12.9 Å². The number of methoxy groups -OCH3 is 1. The fourth-order valence-electron chi connectivity index (χ4n) is 1.76. The number of imidazole rings is 1. The second-order valence-electron chi connectivity index (χ2n) is 5.31. The SMILES string of the molecule is COc1ccc2nc(SCC(=O)NC(C)C(C)C)[nH]c2c1. The number of thioether (sulfide) groups is 1. The highest BCUT2D eigenvalue weighted by atomic mass is 32.2. The fraction of sp³-hybridized carbons (Fsp3) is 0.467. The summed E-state index contributed by atoms with van der Waals surface area (Å²) in [6.07, 6.45) is 0. The highest BCUT2D eigenvalue weighted by molar-refractivity contribution is 7.99. The van der Waals surface area contributed by atoms with Crippen molar-refractivity contribution in [2.24, 2.45) is 5.92 Å². The summed E-state index contributed by atoms with van der Waals surface area (Å²) in [4.78, 5) is 19.5. The summed E-state index contributed by atoms with van der Waals surface area (Å²) in [7, 11) is 1.63. The van der Waals surface area contributed by atoms with Crippen LogP contribution in [0.1, 0.15) is 20.8 Å². The number of carbonyl (C=O) groups excluding carboxylic acids is 1. The van der Waals surface area contributed by atoms with E-state index in [1.807, 2.05) is 25.1 Å². The zero-order chi connectivity index (χ0) is 15.4. The van der Waals surface area contributed by atoms with Crippen molar-refractivity contribution in [2.45, 2.75) is 32.0 Å². The van der Waals surface area contributed by atoms with Crippen LogP contribution in [0.4, 0.5) is 0 Å². The van der Waals surface area contributed by atoms with Crippen LogP contribution in [0.25, 0.3) is 11.0 Å². The molecule has 1 aromatic carbocycles. The summed E-state index contributed by atoms with van der Waals surface area (Å²) < 4.78 is 5.18. The Kier molecular flexibility index (Phi) is 5.12. The largest absolute Gasteiger partial charge is 0.497 e. The van der Waals surface area contributed by atoms with E-state index in [4.69, 9.17) is 4.74 Å². The Labute approximate surface area is 128 Å². The van der Waals surface area contributed by atoms with Gasteiger partial charge < -0.3 is 15.0 Å². The number of hydrogen-bond donors (Lipinski definition) is 2. The summed E-state index contributed by atoms with van der Waals surface area (Å²) in [6, 6.07) is 5.84. The lowest BCUT2D eigenvalue weighted by Crippen LogP contribution is -2.37. The van der Waals surface area contributed by atoms with Crippen molar-refractivity contribution < 1.29 is 9.53 Å². The first-order chi connectivity index (χ1) is 9.99. The number of carbonyl (C=O) groups is 1. The Hall–Kier alpha value is -1.69. The zero-order valence-electron chi connectivity index (χ0n) is 12.8. The van der Waals surface area contributed by atoms with Gasteiger partial charge in [0, 0.05) is 12.1 Å². The van der Waals surface area contributed by atoms with Crippen LogP contribution in [-0.2, 0) is 4.79 Å². The van der Waals surface area contributed by atoms with E-state index in [2.05, 4.69) is 29.1 Å². The van der Waals surface area contributed by atoms with Gasteiger partial charge in [-0.1, -0.05) is 25.6 Å². The number of ether oxygens (including phenoxy) is 1. The van der Waals surface area contributed by atoms with Gasteiger partial charge in [0.2, 0.25) is 5.91 Å². The van der Waals surface area contributed by atoms with Crippen LogP contribution in [0, 0.1) is 5.92 Å². The first-order valence-electron chi connectivity index (χ1n) is 6.95. The summed E-state index contributed by atoms with van der Waals surface area (Å²) >= 11 is 1.40. The van der Waals surface area contributed by atoms with Gasteiger partial charge in [-0.15, -0.1) is 0 Å². The van der Waals surface area contributed by atoms with Gasteiger partial charge in [-0.25, -0.2) is 4.98 Å². The number of nitrogens with one attached hydrogen (secondary N) is 2. The maximum Gasteiger partial charge on any atom is 0.230 e. The van der Waals surface area contributed by atoms with Gasteiger partial charge in [0.1, 0.15) is 5.75 Å². The molecule has 0 spiro atoms. The highest BCUT2D eigenvalue weighted by Crippen LogP contribution is 2.23. The molecule has 1 aromatic heterocycles. The number of rotatable bonds is 6. The topological polar surface area (TPSA) is 67.0 Å². The molecule has 0 saturated carbocycles. The number of fused-ring (bicyclic) bond motifs is 1. The van der Waals surface area contributed by atoms with Crippen LogP contribution in [0.2, 0.25) is 0 Å². The molecule has 2 rings (SSSR count). The third-order valence-corrected chi connectivity index (χ3v) is 4.27. The van der Waals surface area contributed by atoms with Crippen molar-refractivity contribution in [1.82, 2.24) is 15.3 Å². The lowest BCUT2D eigenvalue weighted by atomic mass is 10.1. The van der Waals surface area contributed by atoms with Gasteiger partial charge >= 0.3 is 0 Å². The van der Waals surface area contributed by atoms with E-state index in [1.165, 1.54) is 11.8 Å². The summed E-state index contributed by atoms with van der Waals surface area (Å²) in [5.41, 5.74) is 1.78. The first-order valence-corrected chi connectivity index (χ1v) is 7.94. The molecule has 0 saturated heterocycles. The minimum absolute atomic E-state index is 0.0271. The summed E-state index contributed by atoms with van der Waals surface area (Å²) in [5.74, 6) is 1.59. The minimum Gasteiger partial charge on any atom is -0.497 e. The smallest absolute Gasteiger partial charge is 0.230 e. The molecule has 0 radical (unpaired) electrons. The first kappa shape index (κ1) is 15.7. The molecule has 0 aliphatic rings. The van der Waals surface area contributed by atoms with E-state index in [0.29, 0.717) is 11.7 Å². The van der Waals surface area contributed by atoms with Crippen LogP contribution in [0.3, 0.4) is 0 Å². The molecular formula is C15H21N3O2S. The molecule has 0 aliphatic heterocycles. The second-order valence-corrected chi connectivity index (χ2v) is 6.28. The quantitative estimate of drug-likeness (QED) is 0.805. The van der Waals surface area contributed by atoms with Crippen molar-refractivity contribution in [3.05, 3.63) is 18.2 Å². The molecule has 1 amide bonds. The van der Waals surface area contributed by atoms with Crippen LogP contribution >= 0.6 is 11.8 Å². The Bertz CT molecular complexity index is 624. The maximum absolute atomic E-state index is 11.9. The molecule has 21 heavy (non-hydrogen) atoms. The lowest BCUT2D eigenvalue weighted by Gasteiger charge is -2.16. The van der Waals surface area contributed by atoms with Gasteiger partial charge in [0.15, 0.2) is 5.16 Å². The Morgan fingerprint density at radius 3 is 2.86 bits per heavy atom. The van der Waals surface area contributed by atoms with E-state index >= 15 is 0 Å². The minimum atomic E-state index is 0.0271. The number of H-pyrrole nitrogens is 1. The molecule has 1 atom stereocenters. The number of aromatic amines is 1. The molecule has 1 unspecified atom stereocenters. The molecule has 0 fully saturated rings. The van der Waals surface area contributed by atoms with Gasteiger partial charge in [0.25, 0.3) is 0 Å². The van der Waals surface area contributed by atoms with Crippen molar-refractivity contribution in [3.63, 3.8) is 0 Å². The molecule has 0 aliphatic carbocycles. The van der Waals surface area contributed by atoms with Crippen molar-refractivity contribution in [1.29, 1.82) is 0 Å². The third kappa shape index (κ3) is 4.14. The van der Waals surface area contributed by atoms with Crippen molar-refractivity contribution >= 4 is 28.7 Å². The van der Waals surface area contributed by atoms with Crippen LogP contribution in [0.5, 0.6) is 5.75 Å². The number of amides is 1. The van der Waals surface area contributed by atoms with E-state index in [0.717, 1.165) is 21.9 Å². The Balaban J connectivity index is 1.95. The van der Waals surface area contributed by atoms with Crippen LogP contribution in [0.15, 0.2) is 23.4 Å². The van der Waals surface area contributed by atoms with E-state index in [-0.39, 0.29) is 11.9 Å². The highest BCUT2D eigenvalue weighted by Gasteiger charge is 2.12. The summed E-state index contributed by atoms with van der Waals surface area (Å²) in [6.45, 7) is 6.19. The molecule has 6 heteroatoms. The molecule has 0 bridgehead atoms. The number of nitrogens with zero attached hydrogens (tertiary/aromatic N) is 1. The Morgan fingerprint density at radius 1 is 1.43 bits per heavy atom. The second kappa shape index (κ2) is 6.85. The fourth-order valence-corrected chi connectivity index (χ4v) is 2.45.